The van der Waals surface area contributed by atoms with E-state index >= 15 is 0 Å². The normalized spacial score (nSPS) is 11.1. The fraction of sp³-hybridized carbons (Fsp3) is 0.700. The third kappa shape index (κ3) is 3.62. The Labute approximate surface area is 95.2 Å². The highest BCUT2D eigenvalue weighted by molar-refractivity contribution is 5.71. The monoisotopic (exact) mass is 226 g/mol. The van der Waals surface area contributed by atoms with Gasteiger partial charge in [-0.25, -0.2) is 0 Å². The Morgan fingerprint density at radius 3 is 2.75 bits per heavy atom. The first-order valence-corrected chi connectivity index (χ1v) is 5.19. The van der Waals surface area contributed by atoms with Crippen molar-refractivity contribution >= 4 is 5.97 Å². The molecule has 1 rings (SSSR count). The summed E-state index contributed by atoms with van der Waals surface area (Å²) in [5, 5.41) is 7.84. The van der Waals surface area contributed by atoms with Crippen molar-refractivity contribution in [3.8, 4) is 0 Å². The van der Waals surface area contributed by atoms with E-state index in [1.54, 1.807) is 4.68 Å². The van der Waals surface area contributed by atoms with E-state index in [0.29, 0.717) is 6.54 Å². The molecule has 6 nitrogen and oxygen atoms in total. The summed E-state index contributed by atoms with van der Waals surface area (Å²) < 4.78 is 6.30. The van der Waals surface area contributed by atoms with Crippen LogP contribution in [0.25, 0.3) is 0 Å². The average molecular weight is 226 g/mol. The van der Waals surface area contributed by atoms with E-state index in [4.69, 9.17) is 0 Å². The molecule has 0 saturated heterocycles. The minimum absolute atomic E-state index is 0.238. The summed E-state index contributed by atoms with van der Waals surface area (Å²) in [5.41, 5.74) is 0.847. The van der Waals surface area contributed by atoms with Gasteiger partial charge >= 0.3 is 5.97 Å². The van der Waals surface area contributed by atoms with Crippen LogP contribution >= 0.6 is 0 Å². The predicted molar refractivity (Wildman–Crippen MR) is 58.6 cm³/mol. The lowest BCUT2D eigenvalue weighted by Gasteiger charge is -2.23. The van der Waals surface area contributed by atoms with Gasteiger partial charge < -0.3 is 4.74 Å². The van der Waals surface area contributed by atoms with Crippen molar-refractivity contribution in [1.82, 2.24) is 19.9 Å². The number of methoxy groups -OCH3 is 1. The molecule has 1 aromatic heterocycles. The van der Waals surface area contributed by atoms with Crippen LogP contribution in [0.15, 0.2) is 6.20 Å². The molecule has 0 saturated carbocycles. The molecule has 90 valence electrons. The van der Waals surface area contributed by atoms with Crippen LogP contribution in [-0.4, -0.2) is 45.6 Å². The van der Waals surface area contributed by atoms with Gasteiger partial charge in [0.25, 0.3) is 0 Å². The lowest BCUT2D eigenvalue weighted by Crippen LogP contribution is -2.35. The van der Waals surface area contributed by atoms with Crippen LogP contribution in [0.3, 0.4) is 0 Å². The lowest BCUT2D eigenvalue weighted by molar-refractivity contribution is -0.142. The minimum atomic E-state index is -0.238. The minimum Gasteiger partial charge on any atom is -0.468 e. The summed E-state index contributed by atoms with van der Waals surface area (Å²) in [4.78, 5) is 13.2. The van der Waals surface area contributed by atoms with Crippen molar-refractivity contribution in [2.45, 2.75) is 26.4 Å². The van der Waals surface area contributed by atoms with Crippen molar-refractivity contribution in [3.63, 3.8) is 0 Å². The number of esters is 1. The van der Waals surface area contributed by atoms with Crippen molar-refractivity contribution in [3.05, 3.63) is 11.9 Å². The molecular formula is C10H18N4O2. The third-order valence-electron chi connectivity index (χ3n) is 2.31. The SMILES string of the molecule is COC(=O)CN(Cc1cn(C)nn1)C(C)C. The summed E-state index contributed by atoms with van der Waals surface area (Å²) in [6.07, 6.45) is 1.84. The molecule has 0 aromatic carbocycles. The Bertz CT molecular complexity index is 348. The van der Waals surface area contributed by atoms with Gasteiger partial charge in [-0.15, -0.1) is 5.10 Å². The van der Waals surface area contributed by atoms with E-state index < -0.39 is 0 Å². The Hall–Kier alpha value is -1.43. The van der Waals surface area contributed by atoms with Gasteiger partial charge in [-0.05, 0) is 13.8 Å². The molecule has 0 radical (unpaired) electrons. The number of carbonyl (C=O) groups is 1. The summed E-state index contributed by atoms with van der Waals surface area (Å²) in [7, 11) is 3.21. The molecule has 0 amide bonds. The number of hydrogen-bond donors (Lipinski definition) is 0. The molecule has 0 unspecified atom stereocenters. The highest BCUT2D eigenvalue weighted by Crippen LogP contribution is 2.05. The van der Waals surface area contributed by atoms with E-state index in [9.17, 15) is 4.79 Å². The van der Waals surface area contributed by atoms with Gasteiger partial charge in [-0.3, -0.25) is 14.4 Å². The maximum absolute atomic E-state index is 11.2. The Morgan fingerprint density at radius 2 is 2.31 bits per heavy atom. The third-order valence-corrected chi connectivity index (χ3v) is 2.31. The Balaban J connectivity index is 2.61. The van der Waals surface area contributed by atoms with E-state index in [-0.39, 0.29) is 18.6 Å². The maximum Gasteiger partial charge on any atom is 0.319 e. The first kappa shape index (κ1) is 12.6. The second-order valence-corrected chi connectivity index (χ2v) is 3.96. The Morgan fingerprint density at radius 1 is 1.62 bits per heavy atom. The number of rotatable bonds is 5. The number of ether oxygens (including phenoxy) is 1. The van der Waals surface area contributed by atoms with Gasteiger partial charge in [0.05, 0.1) is 19.3 Å². The summed E-state index contributed by atoms with van der Waals surface area (Å²) in [6.45, 7) is 4.92. The number of nitrogens with zero attached hydrogens (tertiary/aromatic N) is 4. The first-order chi connectivity index (χ1) is 7.52. The largest absolute Gasteiger partial charge is 0.468 e. The van der Waals surface area contributed by atoms with Crippen molar-refractivity contribution in [2.24, 2.45) is 7.05 Å². The van der Waals surface area contributed by atoms with Crippen molar-refractivity contribution in [1.29, 1.82) is 0 Å². The van der Waals surface area contributed by atoms with Crippen molar-refractivity contribution < 1.29 is 9.53 Å². The molecule has 0 aliphatic carbocycles. The molecule has 0 fully saturated rings. The van der Waals surface area contributed by atoms with Gasteiger partial charge in [0.2, 0.25) is 0 Å². The van der Waals surface area contributed by atoms with E-state index in [0.717, 1.165) is 5.69 Å². The molecule has 1 heterocycles. The quantitative estimate of drug-likeness (QED) is 0.671. The standard InChI is InChI=1S/C10H18N4O2/c1-8(2)14(7-10(15)16-4)6-9-5-13(3)12-11-9/h5,8H,6-7H2,1-4H3. The molecule has 0 spiro atoms. The fourth-order valence-electron chi connectivity index (χ4n) is 1.33. The Kier molecular flexibility index (Phi) is 4.42. The van der Waals surface area contributed by atoms with Crippen LogP contribution in [0.2, 0.25) is 0 Å². The number of hydrogen-bond acceptors (Lipinski definition) is 5. The number of aromatic nitrogens is 3. The van der Waals surface area contributed by atoms with Gasteiger partial charge in [0.1, 0.15) is 0 Å². The average Bonchev–Trinajstić information content (AvgIpc) is 2.62. The van der Waals surface area contributed by atoms with Gasteiger partial charge in [-0.2, -0.15) is 0 Å². The van der Waals surface area contributed by atoms with E-state index in [2.05, 4.69) is 15.0 Å². The molecule has 0 atom stereocenters. The highest BCUT2D eigenvalue weighted by Gasteiger charge is 2.16. The molecule has 0 aliphatic rings. The van der Waals surface area contributed by atoms with Crippen LogP contribution in [-0.2, 0) is 23.1 Å². The van der Waals surface area contributed by atoms with Crippen LogP contribution in [0, 0.1) is 0 Å². The van der Waals surface area contributed by atoms with Crippen molar-refractivity contribution in [2.75, 3.05) is 13.7 Å². The zero-order valence-electron chi connectivity index (χ0n) is 10.2. The maximum atomic E-state index is 11.2. The topological polar surface area (TPSA) is 60.2 Å². The summed E-state index contributed by atoms with van der Waals surface area (Å²) in [6, 6.07) is 0.251. The summed E-state index contributed by atoms with van der Waals surface area (Å²) >= 11 is 0. The number of carbonyl (C=O) groups excluding carboxylic acids is 1. The second-order valence-electron chi connectivity index (χ2n) is 3.96. The molecule has 0 N–H and O–H groups in total. The number of aryl methyl sites for hydroxylation is 1. The van der Waals surface area contributed by atoms with Crippen LogP contribution < -0.4 is 0 Å². The van der Waals surface area contributed by atoms with Crippen LogP contribution in [0.5, 0.6) is 0 Å². The zero-order valence-corrected chi connectivity index (χ0v) is 10.2. The van der Waals surface area contributed by atoms with E-state index in [1.165, 1.54) is 7.11 Å². The smallest absolute Gasteiger partial charge is 0.319 e. The molecular weight excluding hydrogens is 208 g/mol. The van der Waals surface area contributed by atoms with Gasteiger partial charge in [0, 0.05) is 25.8 Å². The lowest BCUT2D eigenvalue weighted by atomic mass is 10.3. The van der Waals surface area contributed by atoms with Gasteiger partial charge in [-0.1, -0.05) is 5.21 Å². The first-order valence-electron chi connectivity index (χ1n) is 5.19. The summed E-state index contributed by atoms with van der Waals surface area (Å²) in [5.74, 6) is -0.238. The predicted octanol–water partition coefficient (Wildman–Crippen LogP) is 0.198. The molecule has 6 heteroatoms. The zero-order chi connectivity index (χ0) is 12.1. The van der Waals surface area contributed by atoms with Crippen LogP contribution in [0.4, 0.5) is 0 Å². The molecule has 0 aliphatic heterocycles. The molecule has 16 heavy (non-hydrogen) atoms. The molecule has 1 aromatic rings. The highest BCUT2D eigenvalue weighted by atomic mass is 16.5. The fourth-order valence-corrected chi connectivity index (χ4v) is 1.33. The van der Waals surface area contributed by atoms with E-state index in [1.807, 2.05) is 32.0 Å². The van der Waals surface area contributed by atoms with Gasteiger partial charge in [0.15, 0.2) is 0 Å². The molecule has 0 bridgehead atoms. The van der Waals surface area contributed by atoms with Crippen LogP contribution in [0.1, 0.15) is 19.5 Å². The second kappa shape index (κ2) is 5.60.